The smallest absolute Gasteiger partial charge is 0.314 e. The van der Waals surface area contributed by atoms with Crippen molar-refractivity contribution in [3.63, 3.8) is 0 Å². The molecule has 1 unspecified atom stereocenters. The van der Waals surface area contributed by atoms with E-state index in [9.17, 15) is 4.79 Å². The van der Waals surface area contributed by atoms with Crippen LogP contribution in [-0.2, 0) is 6.42 Å². The van der Waals surface area contributed by atoms with Gasteiger partial charge >= 0.3 is 6.03 Å². The first-order chi connectivity index (χ1) is 14.8. The van der Waals surface area contributed by atoms with Crippen LogP contribution >= 0.6 is 11.3 Å². The van der Waals surface area contributed by atoms with Gasteiger partial charge in [-0.3, -0.25) is 0 Å². The summed E-state index contributed by atoms with van der Waals surface area (Å²) in [6.45, 7) is 1.08. The van der Waals surface area contributed by atoms with Crippen molar-refractivity contribution in [3.8, 4) is 5.75 Å². The molecular weight excluding hydrogens is 394 g/mol. The van der Waals surface area contributed by atoms with Crippen LogP contribution in [0.3, 0.4) is 0 Å². The Bertz CT molecular complexity index is 1100. The van der Waals surface area contributed by atoms with E-state index in [1.54, 1.807) is 18.4 Å². The molecule has 0 fully saturated rings. The standard InChI is InChI=1S/C24H25N3O2S/c1-29-22-10-5-2-7-17(22)12-13-25-24(28)27-16-20(23-11-6-14-30-23)19-15-26-21-9-4-3-8-18(19)21/h2-11,14-15,20,26H,12-13,16H2,1H3,(H2,25,27,28). The zero-order valence-corrected chi connectivity index (χ0v) is 17.7. The maximum Gasteiger partial charge on any atom is 0.314 e. The molecule has 4 aromatic rings. The molecule has 0 aliphatic heterocycles. The fraction of sp³-hybridized carbons (Fsp3) is 0.208. The molecule has 5 nitrogen and oxygen atoms in total. The highest BCUT2D eigenvalue weighted by Crippen LogP contribution is 2.32. The van der Waals surface area contributed by atoms with Crippen LogP contribution in [0.5, 0.6) is 5.75 Å². The molecule has 0 bridgehead atoms. The molecule has 4 rings (SSSR count). The van der Waals surface area contributed by atoms with Crippen molar-refractivity contribution >= 4 is 28.3 Å². The molecule has 0 saturated heterocycles. The molecule has 154 valence electrons. The molecule has 2 aromatic carbocycles. The Morgan fingerprint density at radius 1 is 1.07 bits per heavy atom. The van der Waals surface area contributed by atoms with Crippen LogP contribution in [0.25, 0.3) is 10.9 Å². The number of carbonyl (C=O) groups excluding carboxylic acids is 1. The van der Waals surface area contributed by atoms with Crippen molar-refractivity contribution in [3.05, 3.63) is 88.2 Å². The number of ether oxygens (including phenoxy) is 1. The number of rotatable bonds is 8. The molecule has 3 N–H and O–H groups in total. The third-order valence-electron chi connectivity index (χ3n) is 5.22. The van der Waals surface area contributed by atoms with Crippen molar-refractivity contribution in [1.29, 1.82) is 0 Å². The quantitative estimate of drug-likeness (QED) is 0.380. The lowest BCUT2D eigenvalue weighted by molar-refractivity contribution is 0.240. The molecule has 30 heavy (non-hydrogen) atoms. The Hall–Kier alpha value is -3.25. The number of hydrogen-bond donors (Lipinski definition) is 3. The van der Waals surface area contributed by atoms with Gasteiger partial charge in [0.25, 0.3) is 0 Å². The summed E-state index contributed by atoms with van der Waals surface area (Å²) in [4.78, 5) is 17.0. The van der Waals surface area contributed by atoms with Crippen molar-refractivity contribution in [2.45, 2.75) is 12.3 Å². The van der Waals surface area contributed by atoms with E-state index in [0.29, 0.717) is 19.5 Å². The number of methoxy groups -OCH3 is 1. The van der Waals surface area contributed by atoms with Crippen molar-refractivity contribution in [1.82, 2.24) is 15.6 Å². The molecule has 0 radical (unpaired) electrons. The van der Waals surface area contributed by atoms with E-state index in [2.05, 4.69) is 51.5 Å². The average Bonchev–Trinajstić information content (AvgIpc) is 3.45. The predicted octanol–water partition coefficient (Wildman–Crippen LogP) is 4.91. The number of amides is 2. The van der Waals surface area contributed by atoms with Gasteiger partial charge in [0.15, 0.2) is 0 Å². The van der Waals surface area contributed by atoms with E-state index >= 15 is 0 Å². The summed E-state index contributed by atoms with van der Waals surface area (Å²) >= 11 is 1.71. The van der Waals surface area contributed by atoms with E-state index in [-0.39, 0.29) is 11.9 Å². The van der Waals surface area contributed by atoms with E-state index in [1.807, 2.05) is 36.4 Å². The first kappa shape index (κ1) is 20.0. The second kappa shape index (κ2) is 9.50. The van der Waals surface area contributed by atoms with Crippen LogP contribution < -0.4 is 15.4 Å². The molecule has 6 heteroatoms. The summed E-state index contributed by atoms with van der Waals surface area (Å²) in [7, 11) is 1.66. The zero-order chi connectivity index (χ0) is 20.8. The summed E-state index contributed by atoms with van der Waals surface area (Å²) in [5.74, 6) is 0.943. The van der Waals surface area contributed by atoms with Crippen LogP contribution in [0.4, 0.5) is 4.79 Å². The maximum absolute atomic E-state index is 12.4. The highest BCUT2D eigenvalue weighted by molar-refractivity contribution is 7.10. The molecule has 0 spiro atoms. The van der Waals surface area contributed by atoms with Crippen molar-refractivity contribution < 1.29 is 9.53 Å². The van der Waals surface area contributed by atoms with Gasteiger partial charge in [0.05, 0.1) is 7.11 Å². The lowest BCUT2D eigenvalue weighted by Gasteiger charge is -2.17. The Morgan fingerprint density at radius 2 is 1.90 bits per heavy atom. The number of fused-ring (bicyclic) bond motifs is 1. The first-order valence-corrected chi connectivity index (χ1v) is 10.9. The highest BCUT2D eigenvalue weighted by atomic mass is 32.1. The second-order valence-corrected chi connectivity index (χ2v) is 8.04. The van der Waals surface area contributed by atoms with Gasteiger partial charge < -0.3 is 20.4 Å². The molecule has 0 aliphatic rings. The molecule has 0 saturated carbocycles. The number of aromatic amines is 1. The molecule has 2 heterocycles. The van der Waals surface area contributed by atoms with Crippen molar-refractivity contribution in [2.24, 2.45) is 0 Å². The van der Waals surface area contributed by atoms with Crippen molar-refractivity contribution in [2.75, 3.05) is 20.2 Å². The molecule has 0 aliphatic carbocycles. The number of aromatic nitrogens is 1. The van der Waals surface area contributed by atoms with Crippen LogP contribution in [0.15, 0.2) is 72.2 Å². The summed E-state index contributed by atoms with van der Waals surface area (Å²) in [5.41, 5.74) is 3.38. The van der Waals surface area contributed by atoms with Crippen LogP contribution in [0.2, 0.25) is 0 Å². The average molecular weight is 420 g/mol. The fourth-order valence-electron chi connectivity index (χ4n) is 3.71. The number of H-pyrrole nitrogens is 1. The largest absolute Gasteiger partial charge is 0.496 e. The van der Waals surface area contributed by atoms with E-state index < -0.39 is 0 Å². The Morgan fingerprint density at radius 3 is 2.73 bits per heavy atom. The third kappa shape index (κ3) is 4.49. The molecular formula is C24H25N3O2S. The van der Waals surface area contributed by atoms with Gasteiger partial charge in [0, 0.05) is 41.0 Å². The Kier molecular flexibility index (Phi) is 6.35. The minimum absolute atomic E-state index is 0.0983. The third-order valence-corrected chi connectivity index (χ3v) is 6.21. The van der Waals surface area contributed by atoms with Gasteiger partial charge in [0.2, 0.25) is 0 Å². The number of nitrogens with one attached hydrogen (secondary N) is 3. The van der Waals surface area contributed by atoms with Gasteiger partial charge in [-0.15, -0.1) is 11.3 Å². The number of urea groups is 1. The normalized spacial score (nSPS) is 11.9. The lowest BCUT2D eigenvalue weighted by atomic mass is 9.97. The van der Waals surface area contributed by atoms with Gasteiger partial charge in [-0.2, -0.15) is 0 Å². The maximum atomic E-state index is 12.4. The zero-order valence-electron chi connectivity index (χ0n) is 16.9. The van der Waals surface area contributed by atoms with E-state index in [4.69, 9.17) is 4.74 Å². The highest BCUT2D eigenvalue weighted by Gasteiger charge is 2.19. The predicted molar refractivity (Wildman–Crippen MR) is 123 cm³/mol. The van der Waals surface area contributed by atoms with Gasteiger partial charge in [0.1, 0.15) is 5.75 Å². The fourth-order valence-corrected chi connectivity index (χ4v) is 4.56. The van der Waals surface area contributed by atoms with Crippen LogP contribution in [0, 0.1) is 0 Å². The number of benzene rings is 2. The lowest BCUT2D eigenvalue weighted by Crippen LogP contribution is -2.38. The monoisotopic (exact) mass is 419 g/mol. The van der Waals surface area contributed by atoms with E-state index in [0.717, 1.165) is 16.8 Å². The molecule has 2 aromatic heterocycles. The minimum Gasteiger partial charge on any atom is -0.496 e. The summed E-state index contributed by atoms with van der Waals surface area (Å²) in [5, 5.41) is 9.27. The molecule has 2 amide bonds. The minimum atomic E-state index is -0.161. The van der Waals surface area contributed by atoms with Gasteiger partial charge in [-0.25, -0.2) is 4.79 Å². The number of carbonyl (C=O) groups is 1. The Balaban J connectivity index is 1.39. The first-order valence-electron chi connectivity index (χ1n) is 9.99. The number of para-hydroxylation sites is 2. The van der Waals surface area contributed by atoms with Crippen LogP contribution in [0.1, 0.15) is 21.9 Å². The number of hydrogen-bond acceptors (Lipinski definition) is 3. The SMILES string of the molecule is COc1ccccc1CCNC(=O)NCC(c1cccs1)c1c[nH]c2ccccc12. The topological polar surface area (TPSA) is 66.2 Å². The summed E-state index contributed by atoms with van der Waals surface area (Å²) in [6, 6.07) is 20.1. The van der Waals surface area contributed by atoms with Gasteiger partial charge in [-0.1, -0.05) is 42.5 Å². The second-order valence-electron chi connectivity index (χ2n) is 7.06. The van der Waals surface area contributed by atoms with E-state index in [1.165, 1.54) is 15.8 Å². The van der Waals surface area contributed by atoms with Crippen LogP contribution in [-0.4, -0.2) is 31.2 Å². The summed E-state index contributed by atoms with van der Waals surface area (Å²) in [6.07, 6.45) is 2.77. The number of thiophene rings is 1. The van der Waals surface area contributed by atoms with Gasteiger partial charge in [-0.05, 0) is 41.1 Å². The molecule has 1 atom stereocenters. The Labute approximate surface area is 180 Å². The summed E-state index contributed by atoms with van der Waals surface area (Å²) < 4.78 is 5.37.